The summed E-state index contributed by atoms with van der Waals surface area (Å²) in [5.41, 5.74) is 0.955. The normalized spacial score (nSPS) is 13.7. The molecule has 2 atom stereocenters. The van der Waals surface area contributed by atoms with Crippen LogP contribution in [0, 0.1) is 0 Å². The quantitative estimate of drug-likeness (QED) is 0.587. The Morgan fingerprint density at radius 3 is 2.45 bits per heavy atom. The van der Waals surface area contributed by atoms with Gasteiger partial charge in [0.25, 0.3) is 0 Å². The average molecular weight is 279 g/mol. The Labute approximate surface area is 118 Å². The van der Waals surface area contributed by atoms with Crippen LogP contribution in [-0.4, -0.2) is 40.7 Å². The first-order valence-electron chi connectivity index (χ1n) is 6.69. The molecule has 0 aliphatic heterocycles. The fourth-order valence-electron chi connectivity index (χ4n) is 1.87. The van der Waals surface area contributed by atoms with E-state index in [1.54, 1.807) is 0 Å². The molecule has 3 N–H and O–H groups in total. The number of nitrogens with one attached hydrogen (secondary N) is 1. The summed E-state index contributed by atoms with van der Waals surface area (Å²) in [4.78, 5) is 22.0. The Bertz CT molecular complexity index is 433. The van der Waals surface area contributed by atoms with Crippen LogP contribution in [0.3, 0.4) is 0 Å². The van der Waals surface area contributed by atoms with Crippen LogP contribution in [-0.2, 0) is 16.0 Å². The lowest BCUT2D eigenvalue weighted by molar-refractivity contribution is -0.139. The maximum atomic E-state index is 11.2. The van der Waals surface area contributed by atoms with Crippen LogP contribution in [0.4, 0.5) is 0 Å². The smallest absolute Gasteiger partial charge is 0.321 e. The van der Waals surface area contributed by atoms with E-state index in [0.29, 0.717) is 25.8 Å². The van der Waals surface area contributed by atoms with Crippen molar-refractivity contribution in [3.05, 3.63) is 35.9 Å². The van der Waals surface area contributed by atoms with Crippen LogP contribution in [0.25, 0.3) is 0 Å². The van der Waals surface area contributed by atoms with Crippen molar-refractivity contribution in [2.75, 3.05) is 6.54 Å². The minimum atomic E-state index is -0.950. The van der Waals surface area contributed by atoms with Crippen molar-refractivity contribution < 1.29 is 19.8 Å². The third-order valence-electron chi connectivity index (χ3n) is 3.10. The topological polar surface area (TPSA) is 86.6 Å². The Kier molecular flexibility index (Phi) is 6.90. The van der Waals surface area contributed by atoms with E-state index in [2.05, 4.69) is 5.32 Å². The second-order valence-electron chi connectivity index (χ2n) is 4.80. The highest BCUT2D eigenvalue weighted by atomic mass is 16.4. The molecular formula is C15H21NO4. The molecule has 0 radical (unpaired) electrons. The van der Waals surface area contributed by atoms with E-state index in [0.717, 1.165) is 5.56 Å². The van der Waals surface area contributed by atoms with Gasteiger partial charge in [0.05, 0.1) is 0 Å². The zero-order valence-corrected chi connectivity index (χ0v) is 11.6. The number of carbonyl (C=O) groups excluding carboxylic acids is 1. The summed E-state index contributed by atoms with van der Waals surface area (Å²) in [5, 5.41) is 21.4. The van der Waals surface area contributed by atoms with Gasteiger partial charge in [-0.3, -0.25) is 9.59 Å². The van der Waals surface area contributed by atoms with Crippen molar-refractivity contribution in [3.63, 3.8) is 0 Å². The minimum Gasteiger partial charge on any atom is -0.480 e. The molecular weight excluding hydrogens is 258 g/mol. The lowest BCUT2D eigenvalue weighted by Gasteiger charge is -2.15. The molecule has 0 bridgehead atoms. The minimum absolute atomic E-state index is 0.260. The number of rotatable bonds is 9. The van der Waals surface area contributed by atoms with Crippen LogP contribution in [0.5, 0.6) is 0 Å². The van der Waals surface area contributed by atoms with Gasteiger partial charge in [0, 0.05) is 0 Å². The van der Waals surface area contributed by atoms with Crippen LogP contribution in [0.1, 0.15) is 25.3 Å². The van der Waals surface area contributed by atoms with Gasteiger partial charge in [0.2, 0.25) is 0 Å². The van der Waals surface area contributed by atoms with Crippen LogP contribution < -0.4 is 5.32 Å². The number of carboxylic acid groups (broad SMARTS) is 1. The Balaban J connectivity index is 2.37. The van der Waals surface area contributed by atoms with Crippen LogP contribution >= 0.6 is 0 Å². The third-order valence-corrected chi connectivity index (χ3v) is 3.10. The van der Waals surface area contributed by atoms with Crippen molar-refractivity contribution in [3.8, 4) is 0 Å². The molecule has 1 aromatic rings. The fraction of sp³-hybridized carbons (Fsp3) is 0.467. The number of aliphatic carboxylic acids is 1. The van der Waals surface area contributed by atoms with Crippen LogP contribution in [0.2, 0.25) is 0 Å². The van der Waals surface area contributed by atoms with Gasteiger partial charge in [-0.05, 0) is 38.3 Å². The number of hydrogen-bond donors (Lipinski definition) is 3. The molecule has 20 heavy (non-hydrogen) atoms. The zero-order chi connectivity index (χ0) is 15.0. The monoisotopic (exact) mass is 279 g/mol. The number of carbonyl (C=O) groups is 2. The van der Waals surface area contributed by atoms with Gasteiger partial charge >= 0.3 is 5.97 Å². The molecule has 1 unspecified atom stereocenters. The fourth-order valence-corrected chi connectivity index (χ4v) is 1.87. The van der Waals surface area contributed by atoms with Gasteiger partial charge < -0.3 is 15.5 Å². The number of ketones is 1. The molecule has 0 saturated carbocycles. The number of benzene rings is 1. The van der Waals surface area contributed by atoms with Gasteiger partial charge in [0.1, 0.15) is 12.1 Å². The summed E-state index contributed by atoms with van der Waals surface area (Å²) in [6.45, 7) is 1.79. The predicted molar refractivity (Wildman–Crippen MR) is 75.5 cm³/mol. The first-order valence-corrected chi connectivity index (χ1v) is 6.69. The maximum Gasteiger partial charge on any atom is 0.321 e. The molecule has 1 rings (SSSR count). The summed E-state index contributed by atoms with van der Waals surface area (Å²) in [5.74, 6) is -1.16. The highest BCUT2D eigenvalue weighted by Gasteiger charge is 2.17. The number of aliphatic hydroxyl groups excluding tert-OH is 1. The Morgan fingerprint density at radius 2 is 1.90 bits per heavy atom. The summed E-state index contributed by atoms with van der Waals surface area (Å²) in [6.07, 6.45) is 0.360. The Hall–Kier alpha value is -1.72. The average Bonchev–Trinajstić information content (AvgIpc) is 2.42. The van der Waals surface area contributed by atoms with E-state index in [1.807, 2.05) is 30.3 Å². The van der Waals surface area contributed by atoms with E-state index in [-0.39, 0.29) is 5.78 Å². The van der Waals surface area contributed by atoms with Gasteiger partial charge in [-0.1, -0.05) is 30.3 Å². The van der Waals surface area contributed by atoms with E-state index >= 15 is 0 Å². The summed E-state index contributed by atoms with van der Waals surface area (Å²) < 4.78 is 0. The first-order chi connectivity index (χ1) is 9.50. The van der Waals surface area contributed by atoms with Crippen molar-refractivity contribution in [2.24, 2.45) is 0 Å². The standard InChI is InChI=1S/C15H21NO4/c1-11(17)14(18)8-5-9-16-13(15(19)20)10-12-6-3-2-4-7-12/h2-4,6-7,13-14,16,18H,5,8-10H2,1H3,(H,19,20)/t13-,14?/m0/s1. The molecule has 0 aromatic heterocycles. The molecule has 0 amide bonds. The molecule has 110 valence electrons. The highest BCUT2D eigenvalue weighted by Crippen LogP contribution is 2.04. The molecule has 0 aliphatic rings. The van der Waals surface area contributed by atoms with E-state index in [4.69, 9.17) is 5.11 Å². The number of Topliss-reactive ketones (excluding diaryl/α,β-unsaturated/α-hetero) is 1. The lowest BCUT2D eigenvalue weighted by Crippen LogP contribution is -2.39. The van der Waals surface area contributed by atoms with Crippen molar-refractivity contribution in [2.45, 2.75) is 38.3 Å². The van der Waals surface area contributed by atoms with Gasteiger partial charge in [-0.25, -0.2) is 0 Å². The third kappa shape index (κ3) is 5.95. The summed E-state index contributed by atoms with van der Waals surface area (Å²) in [7, 11) is 0. The van der Waals surface area contributed by atoms with E-state index in [9.17, 15) is 14.7 Å². The molecule has 0 saturated heterocycles. The van der Waals surface area contributed by atoms with Crippen LogP contribution in [0.15, 0.2) is 30.3 Å². The molecule has 5 nitrogen and oxygen atoms in total. The largest absolute Gasteiger partial charge is 0.480 e. The highest BCUT2D eigenvalue weighted by molar-refractivity contribution is 5.80. The van der Waals surface area contributed by atoms with Gasteiger partial charge in [-0.2, -0.15) is 0 Å². The second-order valence-corrected chi connectivity index (χ2v) is 4.80. The maximum absolute atomic E-state index is 11.2. The molecule has 0 aliphatic carbocycles. The van der Waals surface area contributed by atoms with Crippen molar-refractivity contribution in [1.82, 2.24) is 5.32 Å². The number of carboxylic acids is 1. The molecule has 0 heterocycles. The number of aliphatic hydroxyl groups is 1. The van der Waals surface area contributed by atoms with Gasteiger partial charge in [-0.15, -0.1) is 0 Å². The Morgan fingerprint density at radius 1 is 1.25 bits per heavy atom. The first kappa shape index (κ1) is 16.3. The zero-order valence-electron chi connectivity index (χ0n) is 11.6. The second kappa shape index (κ2) is 8.45. The van der Waals surface area contributed by atoms with Crippen molar-refractivity contribution in [1.29, 1.82) is 0 Å². The molecule has 5 heteroatoms. The summed E-state index contributed by atoms with van der Waals surface area (Å²) >= 11 is 0. The SMILES string of the molecule is CC(=O)C(O)CCCN[C@@H](Cc1ccccc1)C(=O)O. The molecule has 1 aromatic carbocycles. The summed E-state index contributed by atoms with van der Waals surface area (Å²) in [6, 6.07) is 8.74. The molecule has 0 spiro atoms. The van der Waals surface area contributed by atoms with E-state index in [1.165, 1.54) is 6.92 Å². The van der Waals surface area contributed by atoms with Gasteiger partial charge in [0.15, 0.2) is 5.78 Å². The number of hydrogen-bond acceptors (Lipinski definition) is 4. The van der Waals surface area contributed by atoms with Crippen molar-refractivity contribution >= 4 is 11.8 Å². The predicted octanol–water partition coefficient (Wildman–Crippen LogP) is 1.00. The lowest BCUT2D eigenvalue weighted by atomic mass is 10.1. The molecule has 0 fully saturated rings. The van der Waals surface area contributed by atoms with E-state index < -0.39 is 18.1 Å².